The number of nitrogens with zero attached hydrogens (tertiary/aromatic N) is 6. The normalized spacial score (nSPS) is 16.7. The summed E-state index contributed by atoms with van der Waals surface area (Å²) in [6.45, 7) is 5.20. The van der Waals surface area contributed by atoms with Gasteiger partial charge in [-0.3, -0.25) is 4.79 Å². The first-order chi connectivity index (χ1) is 13.1. The molecule has 4 rings (SSSR count). The van der Waals surface area contributed by atoms with E-state index in [-0.39, 0.29) is 5.91 Å². The van der Waals surface area contributed by atoms with Crippen LogP contribution >= 0.6 is 0 Å². The Bertz CT molecular complexity index is 936. The average molecular weight is 364 g/mol. The molecule has 1 aliphatic rings. The van der Waals surface area contributed by atoms with Crippen LogP contribution in [0.25, 0.3) is 11.3 Å². The summed E-state index contributed by atoms with van der Waals surface area (Å²) in [6.07, 6.45) is 4.88. The number of hydrogen-bond acceptors (Lipinski definition) is 7. The van der Waals surface area contributed by atoms with E-state index in [0.717, 1.165) is 47.8 Å². The zero-order valence-corrected chi connectivity index (χ0v) is 15.3. The van der Waals surface area contributed by atoms with Crippen LogP contribution in [0.4, 0.5) is 0 Å². The second-order valence-corrected chi connectivity index (χ2v) is 6.81. The largest absolute Gasteiger partial charge is 0.361 e. The Hall–Kier alpha value is -3.16. The first kappa shape index (κ1) is 17.3. The third-order valence-corrected chi connectivity index (χ3v) is 4.88. The zero-order valence-electron chi connectivity index (χ0n) is 15.3. The molecule has 1 atom stereocenters. The molecule has 138 valence electrons. The van der Waals surface area contributed by atoms with Crippen molar-refractivity contribution in [2.75, 3.05) is 13.1 Å². The molecule has 0 N–H and O–H groups in total. The quantitative estimate of drug-likeness (QED) is 0.700. The van der Waals surface area contributed by atoms with E-state index in [1.54, 1.807) is 24.7 Å². The first-order valence-corrected chi connectivity index (χ1v) is 8.93. The van der Waals surface area contributed by atoms with E-state index < -0.39 is 0 Å². The molecule has 0 radical (unpaired) electrons. The Morgan fingerprint density at radius 3 is 2.96 bits per heavy atom. The molecule has 0 bridgehead atoms. The minimum atomic E-state index is -0.0651. The number of aromatic nitrogens is 5. The lowest BCUT2D eigenvalue weighted by Gasteiger charge is -2.15. The summed E-state index contributed by atoms with van der Waals surface area (Å²) in [5.41, 5.74) is 3.91. The van der Waals surface area contributed by atoms with Crippen LogP contribution in [0, 0.1) is 19.8 Å². The standard InChI is InChI=1S/C19H20N6O2/c1-12-18(13(2)27-24-12)17-9-15(20-11-21-17)8-14-5-7-25(10-14)19(26)16-4-3-6-22-23-16/h3-4,6,9,11,14H,5,7-8,10H2,1-2H3. The third kappa shape index (κ3) is 3.55. The smallest absolute Gasteiger partial charge is 0.274 e. The number of rotatable bonds is 4. The summed E-state index contributed by atoms with van der Waals surface area (Å²) in [4.78, 5) is 23.1. The summed E-state index contributed by atoms with van der Waals surface area (Å²) in [7, 11) is 0. The summed E-state index contributed by atoms with van der Waals surface area (Å²) in [5.74, 6) is 1.04. The number of hydrogen-bond donors (Lipinski definition) is 0. The Morgan fingerprint density at radius 1 is 1.33 bits per heavy atom. The fourth-order valence-electron chi connectivity index (χ4n) is 3.55. The van der Waals surface area contributed by atoms with Gasteiger partial charge in [0.2, 0.25) is 0 Å². The van der Waals surface area contributed by atoms with E-state index >= 15 is 0 Å². The second kappa shape index (κ2) is 7.22. The van der Waals surface area contributed by atoms with E-state index in [0.29, 0.717) is 18.2 Å². The van der Waals surface area contributed by atoms with Gasteiger partial charge in [-0.1, -0.05) is 5.16 Å². The number of likely N-dealkylation sites (tertiary alicyclic amines) is 1. The molecular weight excluding hydrogens is 344 g/mol. The zero-order chi connectivity index (χ0) is 18.8. The van der Waals surface area contributed by atoms with Gasteiger partial charge in [-0.2, -0.15) is 5.10 Å². The number of amides is 1. The second-order valence-electron chi connectivity index (χ2n) is 6.81. The maximum atomic E-state index is 12.5. The number of aryl methyl sites for hydroxylation is 2. The summed E-state index contributed by atoms with van der Waals surface area (Å²) < 4.78 is 5.24. The predicted molar refractivity (Wildman–Crippen MR) is 96.7 cm³/mol. The molecule has 8 nitrogen and oxygen atoms in total. The molecule has 8 heteroatoms. The summed E-state index contributed by atoms with van der Waals surface area (Å²) >= 11 is 0. The van der Waals surface area contributed by atoms with Gasteiger partial charge < -0.3 is 9.42 Å². The van der Waals surface area contributed by atoms with Crippen molar-refractivity contribution in [2.45, 2.75) is 26.7 Å². The van der Waals surface area contributed by atoms with Gasteiger partial charge in [-0.15, -0.1) is 5.10 Å². The molecule has 1 fully saturated rings. The molecule has 0 spiro atoms. The molecule has 1 saturated heterocycles. The molecule has 1 unspecified atom stereocenters. The monoisotopic (exact) mass is 364 g/mol. The van der Waals surface area contributed by atoms with Crippen molar-refractivity contribution in [1.29, 1.82) is 0 Å². The van der Waals surface area contributed by atoms with Crippen LogP contribution in [0.1, 0.15) is 34.1 Å². The highest BCUT2D eigenvalue weighted by Crippen LogP contribution is 2.27. The molecule has 1 aliphatic heterocycles. The molecule has 4 heterocycles. The molecule has 0 saturated carbocycles. The van der Waals surface area contributed by atoms with Crippen LogP contribution in [0.15, 0.2) is 35.2 Å². The minimum Gasteiger partial charge on any atom is -0.361 e. The highest BCUT2D eigenvalue weighted by atomic mass is 16.5. The molecular formula is C19H20N6O2. The fourth-order valence-corrected chi connectivity index (χ4v) is 3.55. The van der Waals surface area contributed by atoms with E-state index in [2.05, 4.69) is 25.3 Å². The van der Waals surface area contributed by atoms with Crippen LogP contribution in [0.2, 0.25) is 0 Å². The maximum absolute atomic E-state index is 12.5. The van der Waals surface area contributed by atoms with Gasteiger partial charge in [0.1, 0.15) is 12.1 Å². The van der Waals surface area contributed by atoms with Gasteiger partial charge in [0.15, 0.2) is 5.69 Å². The van der Waals surface area contributed by atoms with Crippen molar-refractivity contribution in [2.24, 2.45) is 5.92 Å². The van der Waals surface area contributed by atoms with Gasteiger partial charge in [-0.05, 0) is 50.8 Å². The van der Waals surface area contributed by atoms with Crippen LogP contribution in [-0.4, -0.2) is 49.2 Å². The van der Waals surface area contributed by atoms with Gasteiger partial charge in [0.05, 0.1) is 17.0 Å². The lowest BCUT2D eigenvalue weighted by atomic mass is 10.0. The Kier molecular flexibility index (Phi) is 4.62. The molecule has 3 aromatic heterocycles. The van der Waals surface area contributed by atoms with Crippen molar-refractivity contribution < 1.29 is 9.32 Å². The lowest BCUT2D eigenvalue weighted by Crippen LogP contribution is -2.29. The third-order valence-electron chi connectivity index (χ3n) is 4.88. The van der Waals surface area contributed by atoms with Gasteiger partial charge >= 0.3 is 0 Å². The lowest BCUT2D eigenvalue weighted by molar-refractivity contribution is 0.0780. The summed E-state index contributed by atoms with van der Waals surface area (Å²) in [6, 6.07) is 5.41. The topological polar surface area (TPSA) is 97.9 Å². The highest BCUT2D eigenvalue weighted by Gasteiger charge is 2.28. The molecule has 3 aromatic rings. The molecule has 27 heavy (non-hydrogen) atoms. The highest BCUT2D eigenvalue weighted by molar-refractivity contribution is 5.92. The van der Waals surface area contributed by atoms with Crippen molar-refractivity contribution in [3.63, 3.8) is 0 Å². The van der Waals surface area contributed by atoms with Crippen molar-refractivity contribution in [3.05, 3.63) is 53.6 Å². The van der Waals surface area contributed by atoms with Gasteiger partial charge in [0.25, 0.3) is 5.91 Å². The van der Waals surface area contributed by atoms with Crippen LogP contribution in [0.3, 0.4) is 0 Å². The van der Waals surface area contributed by atoms with Crippen molar-refractivity contribution in [1.82, 2.24) is 30.2 Å². The van der Waals surface area contributed by atoms with Crippen molar-refractivity contribution >= 4 is 5.91 Å². The Labute approximate surface area is 156 Å². The van der Waals surface area contributed by atoms with Crippen LogP contribution in [-0.2, 0) is 6.42 Å². The average Bonchev–Trinajstić information content (AvgIpc) is 3.28. The van der Waals surface area contributed by atoms with E-state index in [4.69, 9.17) is 4.52 Å². The fraction of sp³-hybridized carbons (Fsp3) is 0.368. The number of carbonyl (C=O) groups excluding carboxylic acids is 1. The Balaban J connectivity index is 1.45. The van der Waals surface area contributed by atoms with Crippen molar-refractivity contribution in [3.8, 4) is 11.3 Å². The van der Waals surface area contributed by atoms with E-state index in [9.17, 15) is 4.79 Å². The molecule has 1 amide bonds. The van der Waals surface area contributed by atoms with Gasteiger partial charge in [0, 0.05) is 25.0 Å². The van der Waals surface area contributed by atoms with Crippen LogP contribution in [0.5, 0.6) is 0 Å². The summed E-state index contributed by atoms with van der Waals surface area (Å²) in [5, 5.41) is 11.7. The molecule has 0 aliphatic carbocycles. The minimum absolute atomic E-state index is 0.0651. The SMILES string of the molecule is Cc1noc(C)c1-c1cc(CC2CCN(C(=O)c3cccnn3)C2)ncn1. The predicted octanol–water partition coefficient (Wildman–Crippen LogP) is 2.24. The van der Waals surface area contributed by atoms with E-state index in [1.165, 1.54) is 0 Å². The number of carbonyl (C=O) groups is 1. The Morgan fingerprint density at radius 2 is 2.22 bits per heavy atom. The maximum Gasteiger partial charge on any atom is 0.274 e. The molecule has 0 aromatic carbocycles. The first-order valence-electron chi connectivity index (χ1n) is 8.93. The van der Waals surface area contributed by atoms with Crippen LogP contribution < -0.4 is 0 Å². The van der Waals surface area contributed by atoms with Gasteiger partial charge in [-0.25, -0.2) is 9.97 Å². The van der Waals surface area contributed by atoms with E-state index in [1.807, 2.05) is 24.8 Å².